The van der Waals surface area contributed by atoms with Crippen molar-refractivity contribution in [2.75, 3.05) is 21.3 Å². The molecule has 7 heteroatoms. The van der Waals surface area contributed by atoms with Crippen LogP contribution >= 0.6 is 12.2 Å². The number of nitrogens with two attached hydrogens (primary N) is 1. The van der Waals surface area contributed by atoms with Crippen molar-refractivity contribution >= 4 is 23.2 Å². The fraction of sp³-hybridized carbons (Fsp3) is 0.333. The van der Waals surface area contributed by atoms with Gasteiger partial charge in [-0.1, -0.05) is 0 Å². The molecule has 0 atom stereocenters. The average Bonchev–Trinajstić information content (AvgIpc) is 2.36. The smallest absolute Gasteiger partial charge is 0.230 e. The molecule has 0 radical (unpaired) electrons. The molecule has 0 unspecified atom stereocenters. The highest BCUT2D eigenvalue weighted by atomic mass is 32.1. The first-order chi connectivity index (χ1) is 9.01. The van der Waals surface area contributed by atoms with E-state index in [1.807, 2.05) is 0 Å². The third kappa shape index (κ3) is 3.99. The number of hydrogen-bond donors (Lipinski definition) is 2. The summed E-state index contributed by atoms with van der Waals surface area (Å²) in [4.78, 5) is 11.6. The van der Waals surface area contributed by atoms with Crippen LogP contribution in [0.25, 0.3) is 0 Å². The van der Waals surface area contributed by atoms with E-state index in [4.69, 9.17) is 19.9 Å². The van der Waals surface area contributed by atoms with E-state index in [0.29, 0.717) is 22.8 Å². The minimum atomic E-state index is -0.304. The van der Waals surface area contributed by atoms with E-state index in [0.717, 1.165) is 0 Å². The van der Waals surface area contributed by atoms with E-state index >= 15 is 0 Å². The fourth-order valence-corrected chi connectivity index (χ4v) is 1.72. The van der Waals surface area contributed by atoms with Gasteiger partial charge in [-0.25, -0.2) is 0 Å². The fourth-order valence-electron chi connectivity index (χ4n) is 1.60. The zero-order chi connectivity index (χ0) is 14.4. The van der Waals surface area contributed by atoms with E-state index in [9.17, 15) is 4.79 Å². The lowest BCUT2D eigenvalue weighted by Gasteiger charge is -2.14. The highest BCUT2D eigenvalue weighted by Crippen LogP contribution is 2.38. The van der Waals surface area contributed by atoms with Gasteiger partial charge in [-0.15, -0.1) is 0 Å². The van der Waals surface area contributed by atoms with E-state index in [1.165, 1.54) is 21.3 Å². The van der Waals surface area contributed by atoms with Crippen LogP contribution in [0, 0.1) is 0 Å². The molecule has 1 aromatic carbocycles. The Morgan fingerprint density at radius 2 is 1.74 bits per heavy atom. The van der Waals surface area contributed by atoms with E-state index in [2.05, 4.69) is 17.5 Å². The minimum Gasteiger partial charge on any atom is -0.493 e. The molecule has 0 aliphatic heterocycles. The molecule has 0 aliphatic rings. The van der Waals surface area contributed by atoms with Gasteiger partial charge in [-0.2, -0.15) is 0 Å². The summed E-state index contributed by atoms with van der Waals surface area (Å²) in [6.07, 6.45) is 0.105. The van der Waals surface area contributed by atoms with E-state index in [1.54, 1.807) is 12.1 Å². The Kier molecular flexibility index (Phi) is 5.37. The Labute approximate surface area is 116 Å². The molecule has 1 aromatic rings. The molecular formula is C12H16N2O4S. The van der Waals surface area contributed by atoms with Gasteiger partial charge in [0.05, 0.1) is 27.8 Å². The maximum Gasteiger partial charge on any atom is 0.230 e. The van der Waals surface area contributed by atoms with Crippen LogP contribution in [0.4, 0.5) is 0 Å². The minimum absolute atomic E-state index is 0.0579. The summed E-state index contributed by atoms with van der Waals surface area (Å²) in [6, 6.07) is 3.39. The van der Waals surface area contributed by atoms with Gasteiger partial charge in [0.1, 0.15) is 0 Å². The molecule has 6 nitrogen and oxygen atoms in total. The Balaban J connectivity index is 3.02. The molecule has 3 N–H and O–H groups in total. The maximum atomic E-state index is 11.6. The highest BCUT2D eigenvalue weighted by Gasteiger charge is 2.14. The summed E-state index contributed by atoms with van der Waals surface area (Å²) in [5.41, 5.74) is 5.93. The lowest BCUT2D eigenvalue weighted by molar-refractivity contribution is -0.119. The van der Waals surface area contributed by atoms with Gasteiger partial charge in [0, 0.05) is 0 Å². The monoisotopic (exact) mass is 284 g/mol. The first-order valence-corrected chi connectivity index (χ1v) is 5.80. The quantitative estimate of drug-likeness (QED) is 0.771. The predicted octanol–water partition coefficient (Wildman–Crippen LogP) is 0.615. The first-order valence-electron chi connectivity index (χ1n) is 5.40. The summed E-state index contributed by atoms with van der Waals surface area (Å²) in [5.74, 6) is 1.14. The molecule has 104 valence electrons. The van der Waals surface area contributed by atoms with Gasteiger partial charge in [-0.3, -0.25) is 4.79 Å². The summed E-state index contributed by atoms with van der Waals surface area (Å²) in [7, 11) is 4.53. The van der Waals surface area contributed by atoms with Crippen LogP contribution in [-0.2, 0) is 11.2 Å². The molecule has 1 rings (SSSR count). The van der Waals surface area contributed by atoms with Crippen LogP contribution in [0.3, 0.4) is 0 Å². The van der Waals surface area contributed by atoms with Crippen molar-refractivity contribution in [2.45, 2.75) is 6.42 Å². The lowest BCUT2D eigenvalue weighted by Crippen LogP contribution is -2.35. The van der Waals surface area contributed by atoms with Crippen LogP contribution in [0.1, 0.15) is 5.56 Å². The average molecular weight is 284 g/mol. The van der Waals surface area contributed by atoms with Crippen LogP contribution in [0.15, 0.2) is 12.1 Å². The standard InChI is InChI=1S/C12H16N2O4S/c1-16-8-4-7(6-10(15)14-12(13)19)5-9(17-2)11(8)18-3/h4-5H,6H2,1-3H3,(H3,13,14,15,19). The number of thiocarbonyl (C=S) groups is 1. The second-order valence-corrected chi connectivity index (χ2v) is 4.06. The molecule has 0 saturated heterocycles. The summed E-state index contributed by atoms with van der Waals surface area (Å²) in [5, 5.41) is 2.29. The molecule has 0 aromatic heterocycles. The van der Waals surface area contributed by atoms with Crippen LogP contribution in [0.2, 0.25) is 0 Å². The number of benzene rings is 1. The second kappa shape index (κ2) is 6.79. The normalized spacial score (nSPS) is 9.63. The second-order valence-electron chi connectivity index (χ2n) is 3.62. The van der Waals surface area contributed by atoms with Crippen molar-refractivity contribution < 1.29 is 19.0 Å². The van der Waals surface area contributed by atoms with Gasteiger partial charge in [-0.05, 0) is 29.9 Å². The lowest BCUT2D eigenvalue weighted by atomic mass is 10.1. The number of rotatable bonds is 5. The molecular weight excluding hydrogens is 268 g/mol. The largest absolute Gasteiger partial charge is 0.493 e. The Bertz CT molecular complexity index is 466. The number of nitrogens with one attached hydrogen (secondary N) is 1. The number of carbonyl (C=O) groups excluding carboxylic acids is 1. The third-order valence-electron chi connectivity index (χ3n) is 2.35. The third-order valence-corrected chi connectivity index (χ3v) is 2.45. The van der Waals surface area contributed by atoms with Crippen molar-refractivity contribution in [1.82, 2.24) is 5.32 Å². The molecule has 19 heavy (non-hydrogen) atoms. The summed E-state index contributed by atoms with van der Waals surface area (Å²) >= 11 is 4.60. The molecule has 0 bridgehead atoms. The van der Waals surface area contributed by atoms with Gasteiger partial charge in [0.2, 0.25) is 11.7 Å². The first kappa shape index (κ1) is 15.0. The van der Waals surface area contributed by atoms with Crippen molar-refractivity contribution in [3.63, 3.8) is 0 Å². The molecule has 0 saturated carbocycles. The summed E-state index contributed by atoms with van der Waals surface area (Å²) < 4.78 is 15.6. The predicted molar refractivity (Wildman–Crippen MR) is 74.7 cm³/mol. The number of amides is 1. The number of carbonyl (C=O) groups is 1. The zero-order valence-electron chi connectivity index (χ0n) is 11.0. The van der Waals surface area contributed by atoms with Gasteiger partial charge in [0.25, 0.3) is 0 Å². The SMILES string of the molecule is COc1cc(CC(=O)NC(N)=S)cc(OC)c1OC. The zero-order valence-corrected chi connectivity index (χ0v) is 11.8. The number of ether oxygens (including phenoxy) is 3. The Morgan fingerprint density at radius 3 is 2.11 bits per heavy atom. The number of methoxy groups -OCH3 is 3. The Hall–Kier alpha value is -2.02. The van der Waals surface area contributed by atoms with E-state index < -0.39 is 0 Å². The van der Waals surface area contributed by atoms with E-state index in [-0.39, 0.29) is 17.4 Å². The maximum absolute atomic E-state index is 11.6. The molecule has 0 aliphatic carbocycles. The van der Waals surface area contributed by atoms with Crippen molar-refractivity contribution in [3.8, 4) is 17.2 Å². The topological polar surface area (TPSA) is 82.8 Å². The highest BCUT2D eigenvalue weighted by molar-refractivity contribution is 7.80. The molecule has 0 heterocycles. The van der Waals surface area contributed by atoms with Crippen molar-refractivity contribution in [3.05, 3.63) is 17.7 Å². The van der Waals surface area contributed by atoms with Crippen molar-refractivity contribution in [2.24, 2.45) is 5.73 Å². The number of hydrogen-bond acceptors (Lipinski definition) is 5. The van der Waals surface area contributed by atoms with Crippen LogP contribution in [-0.4, -0.2) is 32.3 Å². The van der Waals surface area contributed by atoms with Crippen molar-refractivity contribution in [1.29, 1.82) is 0 Å². The van der Waals surface area contributed by atoms with Crippen LogP contribution < -0.4 is 25.3 Å². The summed E-state index contributed by atoms with van der Waals surface area (Å²) in [6.45, 7) is 0. The van der Waals surface area contributed by atoms with Gasteiger partial charge in [0.15, 0.2) is 16.6 Å². The molecule has 1 amide bonds. The van der Waals surface area contributed by atoms with Gasteiger partial charge < -0.3 is 25.3 Å². The molecule has 0 fully saturated rings. The van der Waals surface area contributed by atoms with Crippen LogP contribution in [0.5, 0.6) is 17.2 Å². The molecule has 0 spiro atoms. The Morgan fingerprint density at radius 1 is 1.21 bits per heavy atom. The van der Waals surface area contributed by atoms with Gasteiger partial charge >= 0.3 is 0 Å².